The number of nitrogens with zero attached hydrogens (tertiary/aromatic N) is 2. The highest BCUT2D eigenvalue weighted by Gasteiger charge is 2.27. The lowest BCUT2D eigenvalue weighted by atomic mass is 10.1. The Morgan fingerprint density at radius 3 is 2.22 bits per heavy atom. The predicted octanol–water partition coefficient (Wildman–Crippen LogP) is 2.49. The van der Waals surface area contributed by atoms with Crippen LogP contribution in [0.25, 0.3) is 0 Å². The molecular weight excluding hydrogens is 362 g/mol. The molecule has 1 amide bonds. The molecule has 6 nitrogen and oxygen atoms in total. The van der Waals surface area contributed by atoms with Gasteiger partial charge in [0.1, 0.15) is 0 Å². The molecule has 2 aromatic carbocycles. The molecule has 1 aliphatic rings. The summed E-state index contributed by atoms with van der Waals surface area (Å²) in [4.78, 5) is 14.9. The van der Waals surface area contributed by atoms with Gasteiger partial charge in [-0.3, -0.25) is 4.79 Å². The molecule has 1 N–H and O–H groups in total. The van der Waals surface area contributed by atoms with Crippen molar-refractivity contribution in [2.45, 2.75) is 18.7 Å². The Bertz CT molecular complexity index is 928. The van der Waals surface area contributed by atoms with E-state index in [1.807, 2.05) is 39.1 Å². The maximum absolute atomic E-state index is 12.9. The van der Waals surface area contributed by atoms with Crippen LogP contribution >= 0.6 is 0 Å². The molecule has 144 valence electrons. The van der Waals surface area contributed by atoms with Crippen molar-refractivity contribution >= 4 is 21.6 Å². The largest absolute Gasteiger partial charge is 0.322 e. The summed E-state index contributed by atoms with van der Waals surface area (Å²) in [5, 5.41) is 2.85. The Hall–Kier alpha value is -2.22. The third kappa shape index (κ3) is 4.55. The number of sulfonamides is 1. The van der Waals surface area contributed by atoms with E-state index in [0.29, 0.717) is 37.4 Å². The summed E-state index contributed by atoms with van der Waals surface area (Å²) in [5.74, 6) is -0.324. The zero-order chi connectivity index (χ0) is 19.6. The Balaban J connectivity index is 1.81. The number of likely N-dealkylation sites (N-methyl/N-ethyl adjacent to an activating group) is 1. The second kappa shape index (κ2) is 7.80. The molecule has 0 saturated carbocycles. The highest BCUT2D eigenvalue weighted by Crippen LogP contribution is 2.20. The molecule has 0 atom stereocenters. The Morgan fingerprint density at radius 2 is 1.59 bits per heavy atom. The molecule has 0 aliphatic carbocycles. The Labute approximate surface area is 160 Å². The monoisotopic (exact) mass is 387 g/mol. The van der Waals surface area contributed by atoms with Gasteiger partial charge >= 0.3 is 0 Å². The molecule has 0 aromatic heterocycles. The van der Waals surface area contributed by atoms with Crippen LogP contribution in [0.2, 0.25) is 0 Å². The average Bonchev–Trinajstić information content (AvgIpc) is 2.61. The summed E-state index contributed by atoms with van der Waals surface area (Å²) in [6.07, 6.45) is 0. The molecular formula is C20H25N3O3S. The number of benzene rings is 2. The Kier molecular flexibility index (Phi) is 5.64. The topological polar surface area (TPSA) is 69.7 Å². The van der Waals surface area contributed by atoms with Gasteiger partial charge in [-0.05, 0) is 62.4 Å². The third-order valence-corrected chi connectivity index (χ3v) is 6.57. The third-order valence-electron chi connectivity index (χ3n) is 4.68. The number of hydrogen-bond donors (Lipinski definition) is 1. The van der Waals surface area contributed by atoms with Crippen LogP contribution in [0.5, 0.6) is 0 Å². The molecule has 1 fully saturated rings. The van der Waals surface area contributed by atoms with Crippen molar-refractivity contribution in [3.05, 3.63) is 59.2 Å². The van der Waals surface area contributed by atoms with Gasteiger partial charge in [0.05, 0.1) is 4.90 Å². The first-order chi connectivity index (χ1) is 12.8. The van der Waals surface area contributed by atoms with Crippen LogP contribution in [0.15, 0.2) is 47.4 Å². The minimum Gasteiger partial charge on any atom is -0.322 e. The summed E-state index contributed by atoms with van der Waals surface area (Å²) in [6, 6.07) is 12.0. The van der Waals surface area contributed by atoms with E-state index in [-0.39, 0.29) is 10.8 Å². The highest BCUT2D eigenvalue weighted by molar-refractivity contribution is 7.89. The van der Waals surface area contributed by atoms with Gasteiger partial charge in [0.2, 0.25) is 10.0 Å². The fourth-order valence-corrected chi connectivity index (χ4v) is 4.69. The lowest BCUT2D eigenvalue weighted by Crippen LogP contribution is -2.47. The number of hydrogen-bond acceptors (Lipinski definition) is 4. The summed E-state index contributed by atoms with van der Waals surface area (Å²) in [5.41, 5.74) is 3.13. The molecule has 0 radical (unpaired) electrons. The SMILES string of the molecule is Cc1cc(C)cc(NC(=O)c2cccc(S(=O)(=O)N3CCN(C)CC3)c2)c1. The van der Waals surface area contributed by atoms with Crippen LogP contribution in [0.4, 0.5) is 5.69 Å². The van der Waals surface area contributed by atoms with Gasteiger partial charge in [-0.15, -0.1) is 0 Å². The molecule has 1 saturated heterocycles. The zero-order valence-corrected chi connectivity index (χ0v) is 16.7. The minimum absolute atomic E-state index is 0.153. The van der Waals surface area contributed by atoms with Crippen molar-refractivity contribution in [3.8, 4) is 0 Å². The number of anilines is 1. The van der Waals surface area contributed by atoms with Gasteiger partial charge in [0.15, 0.2) is 0 Å². The van der Waals surface area contributed by atoms with Gasteiger partial charge in [0.25, 0.3) is 5.91 Å². The van der Waals surface area contributed by atoms with E-state index in [4.69, 9.17) is 0 Å². The van der Waals surface area contributed by atoms with Crippen molar-refractivity contribution in [2.75, 3.05) is 38.5 Å². The smallest absolute Gasteiger partial charge is 0.255 e. The lowest BCUT2D eigenvalue weighted by molar-refractivity contribution is 0.102. The van der Waals surface area contributed by atoms with Crippen molar-refractivity contribution in [1.82, 2.24) is 9.21 Å². The lowest BCUT2D eigenvalue weighted by Gasteiger charge is -2.31. The van der Waals surface area contributed by atoms with Crippen molar-refractivity contribution in [3.63, 3.8) is 0 Å². The minimum atomic E-state index is -3.60. The Morgan fingerprint density at radius 1 is 0.963 bits per heavy atom. The number of carbonyl (C=O) groups is 1. The number of nitrogens with one attached hydrogen (secondary N) is 1. The molecule has 1 aliphatic heterocycles. The maximum atomic E-state index is 12.9. The first-order valence-corrected chi connectivity index (χ1v) is 10.4. The van der Waals surface area contributed by atoms with E-state index in [2.05, 4.69) is 10.2 Å². The van der Waals surface area contributed by atoms with E-state index in [1.54, 1.807) is 18.2 Å². The second-order valence-corrected chi connectivity index (χ2v) is 9.00. The van der Waals surface area contributed by atoms with E-state index >= 15 is 0 Å². The van der Waals surface area contributed by atoms with Crippen LogP contribution in [-0.2, 0) is 10.0 Å². The van der Waals surface area contributed by atoms with E-state index in [9.17, 15) is 13.2 Å². The quantitative estimate of drug-likeness (QED) is 0.875. The maximum Gasteiger partial charge on any atom is 0.255 e. The fourth-order valence-electron chi connectivity index (χ4n) is 3.23. The van der Waals surface area contributed by atoms with Gasteiger partial charge in [0, 0.05) is 37.4 Å². The predicted molar refractivity (Wildman–Crippen MR) is 107 cm³/mol. The van der Waals surface area contributed by atoms with Gasteiger partial charge in [-0.2, -0.15) is 4.31 Å². The standard InChI is InChI=1S/C20H25N3O3S/c1-15-11-16(2)13-18(12-15)21-20(24)17-5-4-6-19(14-17)27(25,26)23-9-7-22(3)8-10-23/h4-6,11-14H,7-10H2,1-3H3,(H,21,24). The summed E-state index contributed by atoms with van der Waals surface area (Å²) in [7, 11) is -1.63. The van der Waals surface area contributed by atoms with Crippen molar-refractivity contribution < 1.29 is 13.2 Å². The number of piperazine rings is 1. The second-order valence-electron chi connectivity index (χ2n) is 7.07. The molecule has 27 heavy (non-hydrogen) atoms. The number of rotatable bonds is 4. The van der Waals surface area contributed by atoms with Crippen molar-refractivity contribution in [2.24, 2.45) is 0 Å². The summed E-state index contributed by atoms with van der Waals surface area (Å²) >= 11 is 0. The normalized spacial score (nSPS) is 16.3. The highest BCUT2D eigenvalue weighted by atomic mass is 32.2. The van der Waals surface area contributed by atoms with E-state index < -0.39 is 10.0 Å². The number of aryl methyl sites for hydroxylation is 2. The molecule has 2 aromatic rings. The number of carbonyl (C=O) groups excluding carboxylic acids is 1. The van der Waals surface area contributed by atoms with E-state index in [1.165, 1.54) is 10.4 Å². The van der Waals surface area contributed by atoms with Gasteiger partial charge in [-0.1, -0.05) is 12.1 Å². The molecule has 1 heterocycles. The van der Waals surface area contributed by atoms with Crippen LogP contribution in [-0.4, -0.2) is 56.8 Å². The molecule has 0 bridgehead atoms. The van der Waals surface area contributed by atoms with Crippen LogP contribution < -0.4 is 5.32 Å². The van der Waals surface area contributed by atoms with Crippen LogP contribution in [0.1, 0.15) is 21.5 Å². The molecule has 0 unspecified atom stereocenters. The van der Waals surface area contributed by atoms with Crippen molar-refractivity contribution in [1.29, 1.82) is 0 Å². The molecule has 3 rings (SSSR count). The number of amides is 1. The van der Waals surface area contributed by atoms with Gasteiger partial charge < -0.3 is 10.2 Å². The van der Waals surface area contributed by atoms with E-state index in [0.717, 1.165) is 11.1 Å². The van der Waals surface area contributed by atoms with Crippen LogP contribution in [0.3, 0.4) is 0 Å². The first-order valence-electron chi connectivity index (χ1n) is 8.94. The summed E-state index contributed by atoms with van der Waals surface area (Å²) < 4.78 is 27.3. The first kappa shape index (κ1) is 19.5. The van der Waals surface area contributed by atoms with Gasteiger partial charge in [-0.25, -0.2) is 8.42 Å². The average molecular weight is 388 g/mol. The van der Waals surface area contributed by atoms with Crippen LogP contribution in [0, 0.1) is 13.8 Å². The molecule has 0 spiro atoms. The zero-order valence-electron chi connectivity index (χ0n) is 15.9. The molecule has 7 heteroatoms. The fraction of sp³-hybridized carbons (Fsp3) is 0.350. The summed E-state index contributed by atoms with van der Waals surface area (Å²) in [6.45, 7) is 6.24.